The standard InChI is InChI=1S/C20H17F3N2O3S/c1-13-6-8-14(9-7-13)27-10-18-24-16(11-29-18)19(26)25-15-4-2-3-5-17(15)28-12-20(21,22)23/h2-9,11H,10,12H2,1H3,(H,25,26). The van der Waals surface area contributed by atoms with Crippen LogP contribution in [0.3, 0.4) is 0 Å². The molecule has 29 heavy (non-hydrogen) atoms. The minimum Gasteiger partial charge on any atom is -0.486 e. The number of alkyl halides is 3. The Balaban J connectivity index is 1.61. The number of aryl methyl sites for hydroxylation is 1. The summed E-state index contributed by atoms with van der Waals surface area (Å²) in [5.41, 5.74) is 1.39. The Kier molecular flexibility index (Phi) is 6.38. The lowest BCUT2D eigenvalue weighted by atomic mass is 10.2. The van der Waals surface area contributed by atoms with E-state index in [1.54, 1.807) is 11.4 Å². The number of halogens is 3. The van der Waals surface area contributed by atoms with Crippen LogP contribution in [0.1, 0.15) is 21.1 Å². The van der Waals surface area contributed by atoms with E-state index in [-0.39, 0.29) is 23.7 Å². The van der Waals surface area contributed by atoms with Crippen LogP contribution in [0.15, 0.2) is 53.9 Å². The van der Waals surface area contributed by atoms with Gasteiger partial charge >= 0.3 is 6.18 Å². The summed E-state index contributed by atoms with van der Waals surface area (Å²) in [4.78, 5) is 16.6. The first-order valence-electron chi connectivity index (χ1n) is 8.54. The Morgan fingerprint density at radius 2 is 1.83 bits per heavy atom. The van der Waals surface area contributed by atoms with Crippen LogP contribution in [-0.2, 0) is 6.61 Å². The molecule has 1 heterocycles. The monoisotopic (exact) mass is 422 g/mol. The molecule has 0 atom stereocenters. The Morgan fingerprint density at radius 1 is 1.10 bits per heavy atom. The first kappa shape index (κ1) is 20.7. The number of benzene rings is 2. The third-order valence-corrected chi connectivity index (χ3v) is 4.52. The summed E-state index contributed by atoms with van der Waals surface area (Å²) in [5.74, 6) is 0.0646. The van der Waals surface area contributed by atoms with E-state index in [2.05, 4.69) is 10.3 Å². The smallest absolute Gasteiger partial charge is 0.422 e. The van der Waals surface area contributed by atoms with E-state index in [1.165, 1.54) is 29.5 Å². The first-order valence-corrected chi connectivity index (χ1v) is 9.42. The highest BCUT2D eigenvalue weighted by molar-refractivity contribution is 7.09. The van der Waals surface area contributed by atoms with Gasteiger partial charge in [0.2, 0.25) is 0 Å². The number of para-hydroxylation sites is 2. The average molecular weight is 422 g/mol. The maximum atomic E-state index is 12.4. The Bertz CT molecular complexity index is 972. The summed E-state index contributed by atoms with van der Waals surface area (Å²) in [5, 5.41) is 4.68. The van der Waals surface area contributed by atoms with Gasteiger partial charge in [0.1, 0.15) is 28.8 Å². The molecule has 9 heteroatoms. The molecule has 1 N–H and O–H groups in total. The molecule has 0 saturated carbocycles. The molecule has 0 spiro atoms. The normalized spacial score (nSPS) is 11.2. The molecule has 0 aliphatic carbocycles. The molecule has 1 aromatic heterocycles. The molecule has 0 radical (unpaired) electrons. The summed E-state index contributed by atoms with van der Waals surface area (Å²) in [7, 11) is 0. The minimum atomic E-state index is -4.47. The molecule has 0 fully saturated rings. The van der Waals surface area contributed by atoms with Crippen LogP contribution >= 0.6 is 11.3 Å². The Morgan fingerprint density at radius 3 is 2.55 bits per heavy atom. The number of rotatable bonds is 7. The van der Waals surface area contributed by atoms with E-state index in [9.17, 15) is 18.0 Å². The summed E-state index contributed by atoms with van der Waals surface area (Å²) in [6, 6.07) is 13.4. The molecule has 0 saturated heterocycles. The van der Waals surface area contributed by atoms with Gasteiger partial charge in [-0.25, -0.2) is 4.98 Å². The zero-order valence-corrected chi connectivity index (χ0v) is 16.1. The molecular formula is C20H17F3N2O3S. The molecule has 3 rings (SSSR count). The van der Waals surface area contributed by atoms with Crippen LogP contribution in [-0.4, -0.2) is 23.7 Å². The zero-order valence-electron chi connectivity index (χ0n) is 15.3. The molecular weight excluding hydrogens is 405 g/mol. The fourth-order valence-corrected chi connectivity index (χ4v) is 2.99. The van der Waals surface area contributed by atoms with Crippen molar-refractivity contribution in [2.24, 2.45) is 0 Å². The van der Waals surface area contributed by atoms with Crippen LogP contribution < -0.4 is 14.8 Å². The summed E-state index contributed by atoms with van der Waals surface area (Å²) < 4.78 is 47.5. The second-order valence-electron chi connectivity index (χ2n) is 6.08. The lowest BCUT2D eigenvalue weighted by Crippen LogP contribution is -2.20. The Labute approximate surface area is 169 Å². The van der Waals surface area contributed by atoms with Crippen molar-refractivity contribution in [1.82, 2.24) is 4.98 Å². The van der Waals surface area contributed by atoms with Gasteiger partial charge in [-0.3, -0.25) is 4.79 Å². The van der Waals surface area contributed by atoms with Crippen LogP contribution in [0.5, 0.6) is 11.5 Å². The first-order chi connectivity index (χ1) is 13.8. The number of carbonyl (C=O) groups is 1. The van der Waals surface area contributed by atoms with Crippen LogP contribution in [0, 0.1) is 6.92 Å². The van der Waals surface area contributed by atoms with E-state index in [4.69, 9.17) is 9.47 Å². The number of thiazole rings is 1. The highest BCUT2D eigenvalue weighted by Crippen LogP contribution is 2.27. The van der Waals surface area contributed by atoms with Gasteiger partial charge < -0.3 is 14.8 Å². The van der Waals surface area contributed by atoms with Gasteiger partial charge in [0.25, 0.3) is 5.91 Å². The third kappa shape index (κ3) is 6.21. The quantitative estimate of drug-likeness (QED) is 0.567. The number of ether oxygens (including phenoxy) is 2. The lowest BCUT2D eigenvalue weighted by Gasteiger charge is -2.13. The third-order valence-electron chi connectivity index (χ3n) is 3.69. The summed E-state index contributed by atoms with van der Waals surface area (Å²) in [6.07, 6.45) is -4.47. The van der Waals surface area contributed by atoms with Gasteiger partial charge in [-0.05, 0) is 31.2 Å². The van der Waals surface area contributed by atoms with Crippen molar-refractivity contribution >= 4 is 22.9 Å². The average Bonchev–Trinajstić information content (AvgIpc) is 3.15. The van der Waals surface area contributed by atoms with Crippen molar-refractivity contribution in [3.05, 3.63) is 70.2 Å². The molecule has 0 unspecified atom stereocenters. The fourth-order valence-electron chi connectivity index (χ4n) is 2.30. The minimum absolute atomic E-state index is 0.0728. The number of amides is 1. The van der Waals surface area contributed by atoms with Crippen molar-refractivity contribution < 1.29 is 27.4 Å². The van der Waals surface area contributed by atoms with Gasteiger partial charge in [0.05, 0.1) is 5.69 Å². The van der Waals surface area contributed by atoms with Crippen molar-refractivity contribution in [3.8, 4) is 11.5 Å². The Hall–Kier alpha value is -3.07. The van der Waals surface area contributed by atoms with Crippen molar-refractivity contribution in [3.63, 3.8) is 0 Å². The molecule has 5 nitrogen and oxygen atoms in total. The molecule has 3 aromatic rings. The summed E-state index contributed by atoms with van der Waals surface area (Å²) in [6.45, 7) is 0.727. The van der Waals surface area contributed by atoms with E-state index >= 15 is 0 Å². The second-order valence-corrected chi connectivity index (χ2v) is 7.03. The maximum Gasteiger partial charge on any atom is 0.422 e. The van der Waals surface area contributed by atoms with E-state index in [1.807, 2.05) is 31.2 Å². The van der Waals surface area contributed by atoms with Crippen molar-refractivity contribution in [2.75, 3.05) is 11.9 Å². The predicted octanol–water partition coefficient (Wildman–Crippen LogP) is 5.22. The maximum absolute atomic E-state index is 12.4. The summed E-state index contributed by atoms with van der Waals surface area (Å²) >= 11 is 1.25. The SMILES string of the molecule is Cc1ccc(OCc2nc(C(=O)Nc3ccccc3OCC(F)(F)F)cs2)cc1. The number of nitrogens with zero attached hydrogens (tertiary/aromatic N) is 1. The number of hydrogen-bond acceptors (Lipinski definition) is 5. The number of hydrogen-bond donors (Lipinski definition) is 1. The van der Waals surface area contributed by atoms with Gasteiger partial charge in [-0.15, -0.1) is 11.3 Å². The van der Waals surface area contributed by atoms with E-state index in [0.717, 1.165) is 5.56 Å². The highest BCUT2D eigenvalue weighted by atomic mass is 32.1. The van der Waals surface area contributed by atoms with E-state index in [0.29, 0.717) is 10.8 Å². The fraction of sp³-hybridized carbons (Fsp3) is 0.200. The van der Waals surface area contributed by atoms with E-state index < -0.39 is 18.7 Å². The predicted molar refractivity (Wildman–Crippen MR) is 104 cm³/mol. The van der Waals surface area contributed by atoms with Crippen molar-refractivity contribution in [2.45, 2.75) is 19.7 Å². The molecule has 2 aromatic carbocycles. The van der Waals surface area contributed by atoms with Gasteiger partial charge in [0, 0.05) is 5.38 Å². The van der Waals surface area contributed by atoms with Gasteiger partial charge in [-0.2, -0.15) is 13.2 Å². The largest absolute Gasteiger partial charge is 0.486 e. The number of aromatic nitrogens is 1. The zero-order chi connectivity index (χ0) is 20.9. The molecule has 0 bridgehead atoms. The number of anilines is 1. The van der Waals surface area contributed by atoms with Gasteiger partial charge in [0.15, 0.2) is 6.61 Å². The molecule has 1 amide bonds. The number of nitrogens with one attached hydrogen (secondary N) is 1. The van der Waals surface area contributed by atoms with Crippen LogP contribution in [0.2, 0.25) is 0 Å². The molecule has 0 aliphatic heterocycles. The van der Waals surface area contributed by atoms with Crippen molar-refractivity contribution in [1.29, 1.82) is 0 Å². The van der Waals surface area contributed by atoms with Crippen LogP contribution in [0.25, 0.3) is 0 Å². The van der Waals surface area contributed by atoms with Gasteiger partial charge in [-0.1, -0.05) is 29.8 Å². The highest BCUT2D eigenvalue weighted by Gasteiger charge is 2.29. The topological polar surface area (TPSA) is 60.5 Å². The molecule has 152 valence electrons. The lowest BCUT2D eigenvalue weighted by molar-refractivity contribution is -0.153. The van der Waals surface area contributed by atoms with Crippen LogP contribution in [0.4, 0.5) is 18.9 Å². The molecule has 0 aliphatic rings. The number of carbonyl (C=O) groups excluding carboxylic acids is 1. The second kappa shape index (κ2) is 8.95.